The van der Waals surface area contributed by atoms with Crippen molar-refractivity contribution in [3.05, 3.63) is 56.7 Å². The minimum atomic E-state index is -0.426. The maximum Gasteiger partial charge on any atom is 0.330 e. The van der Waals surface area contributed by atoms with Gasteiger partial charge in [-0.1, -0.05) is 30.3 Å². The monoisotopic (exact) mass is 339 g/mol. The summed E-state index contributed by atoms with van der Waals surface area (Å²) in [4.78, 5) is 34.1. The number of nitrogens with zero attached hydrogens (tertiary/aromatic N) is 4. The van der Waals surface area contributed by atoms with Crippen LogP contribution in [0.15, 0.2) is 39.9 Å². The number of hydrogen-bond donors (Lipinski definition) is 1. The van der Waals surface area contributed by atoms with E-state index in [9.17, 15) is 9.59 Å². The molecule has 1 saturated heterocycles. The minimum absolute atomic E-state index is 0.378. The molecule has 0 bridgehead atoms. The van der Waals surface area contributed by atoms with E-state index in [1.165, 1.54) is 6.42 Å². The molecular formula is C18H21N5O2. The summed E-state index contributed by atoms with van der Waals surface area (Å²) >= 11 is 0. The lowest BCUT2D eigenvalue weighted by atomic mass is 10.1. The largest absolute Gasteiger partial charge is 0.342 e. The number of rotatable bonds is 3. The predicted octanol–water partition coefficient (Wildman–Crippen LogP) is 1.46. The lowest BCUT2D eigenvalue weighted by molar-refractivity contribution is 0.563. The van der Waals surface area contributed by atoms with Crippen molar-refractivity contribution in [3.8, 4) is 0 Å². The topological polar surface area (TPSA) is 75.9 Å². The second-order valence-corrected chi connectivity index (χ2v) is 6.52. The third kappa shape index (κ3) is 2.75. The molecule has 1 fully saturated rings. The van der Waals surface area contributed by atoms with Crippen LogP contribution in [0.3, 0.4) is 0 Å². The van der Waals surface area contributed by atoms with Crippen molar-refractivity contribution in [3.63, 3.8) is 0 Å². The summed E-state index contributed by atoms with van der Waals surface area (Å²) in [6, 6.07) is 9.71. The quantitative estimate of drug-likeness (QED) is 0.784. The van der Waals surface area contributed by atoms with E-state index in [0.717, 1.165) is 37.4 Å². The summed E-state index contributed by atoms with van der Waals surface area (Å²) < 4.78 is 3.35. The van der Waals surface area contributed by atoms with E-state index in [1.807, 2.05) is 37.4 Å². The van der Waals surface area contributed by atoms with Crippen molar-refractivity contribution in [2.75, 3.05) is 18.0 Å². The Morgan fingerprint density at radius 2 is 1.80 bits per heavy atom. The molecule has 4 rings (SSSR count). The molecule has 0 aliphatic carbocycles. The molecule has 1 aliphatic heterocycles. The van der Waals surface area contributed by atoms with Crippen LogP contribution in [-0.4, -0.2) is 32.2 Å². The zero-order valence-corrected chi connectivity index (χ0v) is 14.2. The van der Waals surface area contributed by atoms with Crippen LogP contribution in [0.25, 0.3) is 11.2 Å². The Bertz CT molecular complexity index is 1010. The van der Waals surface area contributed by atoms with Gasteiger partial charge in [0.1, 0.15) is 0 Å². The second kappa shape index (κ2) is 6.23. The zero-order chi connectivity index (χ0) is 17.4. The van der Waals surface area contributed by atoms with Gasteiger partial charge < -0.3 is 9.47 Å². The highest BCUT2D eigenvalue weighted by molar-refractivity contribution is 5.74. The van der Waals surface area contributed by atoms with Crippen LogP contribution in [0.4, 0.5) is 5.95 Å². The molecule has 1 aromatic carbocycles. The van der Waals surface area contributed by atoms with Crippen LogP contribution in [0.1, 0.15) is 24.8 Å². The van der Waals surface area contributed by atoms with Crippen molar-refractivity contribution in [1.29, 1.82) is 0 Å². The Morgan fingerprint density at radius 3 is 2.52 bits per heavy atom. The zero-order valence-electron chi connectivity index (χ0n) is 14.2. The van der Waals surface area contributed by atoms with Crippen LogP contribution in [0.5, 0.6) is 0 Å². The smallest absolute Gasteiger partial charge is 0.330 e. The maximum absolute atomic E-state index is 12.4. The molecule has 1 aliphatic rings. The Labute approximate surface area is 144 Å². The number of benzene rings is 1. The summed E-state index contributed by atoms with van der Waals surface area (Å²) in [7, 11) is 1.84. The number of aryl methyl sites for hydroxylation is 1. The average molecular weight is 339 g/mol. The van der Waals surface area contributed by atoms with E-state index >= 15 is 0 Å². The maximum atomic E-state index is 12.4. The Morgan fingerprint density at radius 1 is 1.08 bits per heavy atom. The first-order valence-corrected chi connectivity index (χ1v) is 8.63. The SMILES string of the molecule is Cn1c(N2CCCCC2)nc2c1c(=O)[nH]c(=O)n2Cc1ccccc1. The molecule has 7 heteroatoms. The van der Waals surface area contributed by atoms with E-state index < -0.39 is 5.69 Å². The van der Waals surface area contributed by atoms with E-state index in [1.54, 1.807) is 9.13 Å². The molecule has 7 nitrogen and oxygen atoms in total. The van der Waals surface area contributed by atoms with Gasteiger partial charge in [-0.25, -0.2) is 4.79 Å². The van der Waals surface area contributed by atoms with E-state index in [-0.39, 0.29) is 5.56 Å². The van der Waals surface area contributed by atoms with Crippen molar-refractivity contribution in [2.24, 2.45) is 7.05 Å². The molecule has 0 unspecified atom stereocenters. The molecule has 0 amide bonds. The summed E-state index contributed by atoms with van der Waals surface area (Å²) in [6.45, 7) is 2.24. The van der Waals surface area contributed by atoms with Crippen LogP contribution in [0, 0.1) is 0 Å². The highest BCUT2D eigenvalue weighted by Gasteiger charge is 2.21. The van der Waals surface area contributed by atoms with Crippen molar-refractivity contribution in [2.45, 2.75) is 25.8 Å². The number of nitrogens with one attached hydrogen (secondary N) is 1. The first-order chi connectivity index (χ1) is 12.1. The number of aromatic amines is 1. The fraction of sp³-hybridized carbons (Fsp3) is 0.389. The lowest BCUT2D eigenvalue weighted by Gasteiger charge is -2.27. The fourth-order valence-corrected chi connectivity index (χ4v) is 3.52. The predicted molar refractivity (Wildman–Crippen MR) is 97.2 cm³/mol. The van der Waals surface area contributed by atoms with Gasteiger partial charge >= 0.3 is 5.69 Å². The van der Waals surface area contributed by atoms with Crippen LogP contribution < -0.4 is 16.1 Å². The number of aromatic nitrogens is 4. The molecule has 3 heterocycles. The number of anilines is 1. The standard InChI is InChI=1S/C18H21N5O2/c1-21-14-15(19-17(21)22-10-6-3-7-11-22)23(18(25)20-16(14)24)12-13-8-4-2-5-9-13/h2,4-5,8-9H,3,6-7,10-12H2,1H3,(H,20,24,25). The summed E-state index contributed by atoms with van der Waals surface area (Å²) in [5.41, 5.74) is 1.06. The number of hydrogen-bond acceptors (Lipinski definition) is 4. The van der Waals surface area contributed by atoms with Gasteiger partial charge in [0.05, 0.1) is 6.54 Å². The number of H-pyrrole nitrogens is 1. The first kappa shape index (κ1) is 15.7. The number of fused-ring (bicyclic) bond motifs is 1. The minimum Gasteiger partial charge on any atom is -0.342 e. The van der Waals surface area contributed by atoms with Crippen molar-refractivity contribution < 1.29 is 0 Å². The van der Waals surface area contributed by atoms with Gasteiger partial charge in [0.25, 0.3) is 5.56 Å². The third-order valence-corrected chi connectivity index (χ3v) is 4.81. The van der Waals surface area contributed by atoms with Gasteiger partial charge in [-0.2, -0.15) is 4.98 Å². The highest BCUT2D eigenvalue weighted by Crippen LogP contribution is 2.21. The third-order valence-electron chi connectivity index (χ3n) is 4.81. The van der Waals surface area contributed by atoms with E-state index in [4.69, 9.17) is 0 Å². The Kier molecular flexibility index (Phi) is 3.91. The molecule has 25 heavy (non-hydrogen) atoms. The molecule has 0 spiro atoms. The number of piperidine rings is 1. The van der Waals surface area contributed by atoms with Gasteiger partial charge in [-0.15, -0.1) is 0 Å². The molecule has 0 radical (unpaired) electrons. The molecule has 2 aromatic heterocycles. The van der Waals surface area contributed by atoms with E-state index in [0.29, 0.717) is 17.7 Å². The van der Waals surface area contributed by atoms with Crippen LogP contribution in [-0.2, 0) is 13.6 Å². The summed E-state index contributed by atoms with van der Waals surface area (Å²) in [5, 5.41) is 0. The van der Waals surface area contributed by atoms with Gasteiger partial charge in [0.15, 0.2) is 11.2 Å². The average Bonchev–Trinajstić information content (AvgIpc) is 2.98. The second-order valence-electron chi connectivity index (χ2n) is 6.52. The Balaban J connectivity index is 1.88. The van der Waals surface area contributed by atoms with Crippen LogP contribution in [0.2, 0.25) is 0 Å². The molecule has 3 aromatic rings. The first-order valence-electron chi connectivity index (χ1n) is 8.63. The van der Waals surface area contributed by atoms with E-state index in [2.05, 4.69) is 14.9 Å². The molecule has 130 valence electrons. The molecular weight excluding hydrogens is 318 g/mol. The molecule has 0 saturated carbocycles. The van der Waals surface area contributed by atoms with Crippen LogP contribution >= 0.6 is 0 Å². The van der Waals surface area contributed by atoms with Gasteiger partial charge in [-0.3, -0.25) is 14.3 Å². The van der Waals surface area contributed by atoms with Crippen molar-refractivity contribution >= 4 is 17.1 Å². The van der Waals surface area contributed by atoms with Crippen molar-refractivity contribution in [1.82, 2.24) is 19.1 Å². The lowest BCUT2D eigenvalue weighted by Crippen LogP contribution is -2.32. The van der Waals surface area contributed by atoms with Gasteiger partial charge in [-0.05, 0) is 24.8 Å². The molecule has 0 atom stereocenters. The Hall–Kier alpha value is -2.83. The number of imidazole rings is 1. The highest BCUT2D eigenvalue weighted by atomic mass is 16.2. The van der Waals surface area contributed by atoms with Gasteiger partial charge in [0, 0.05) is 20.1 Å². The van der Waals surface area contributed by atoms with Gasteiger partial charge in [0.2, 0.25) is 5.95 Å². The summed E-state index contributed by atoms with van der Waals surface area (Å²) in [5.74, 6) is 0.757. The summed E-state index contributed by atoms with van der Waals surface area (Å²) in [6.07, 6.45) is 3.46. The normalized spacial score (nSPS) is 15.0. The fourth-order valence-electron chi connectivity index (χ4n) is 3.52. The molecule has 1 N–H and O–H groups in total.